The molecule has 0 saturated heterocycles. The number of nitrogens with zero attached hydrogens (tertiary/aromatic N) is 3. The first-order valence-corrected chi connectivity index (χ1v) is 9.16. The quantitative estimate of drug-likeness (QED) is 0.478. The summed E-state index contributed by atoms with van der Waals surface area (Å²) in [7, 11) is 0. The van der Waals surface area contributed by atoms with Crippen LogP contribution in [0.25, 0.3) is 22.3 Å². The number of aromatic nitrogens is 4. The van der Waals surface area contributed by atoms with Gasteiger partial charge in [-0.2, -0.15) is 5.10 Å². The predicted molar refractivity (Wildman–Crippen MR) is 109 cm³/mol. The van der Waals surface area contributed by atoms with E-state index in [-0.39, 0.29) is 18.7 Å². The average molecular weight is 375 g/mol. The number of para-hydroxylation sites is 1. The maximum Gasteiger partial charge on any atom is 0.259 e. The number of nitrogens with one attached hydrogen (secondary N) is 1. The van der Waals surface area contributed by atoms with Gasteiger partial charge < -0.3 is 15.8 Å². The molecule has 0 aliphatic rings. The zero-order valence-corrected chi connectivity index (χ0v) is 15.3. The molecule has 2 aromatic heterocycles. The number of aromatic amines is 1. The van der Waals surface area contributed by atoms with Gasteiger partial charge in [-0.25, -0.2) is 9.67 Å². The Morgan fingerprint density at radius 2 is 1.79 bits per heavy atom. The normalized spacial score (nSPS) is 11.2. The molecular weight excluding hydrogens is 354 g/mol. The molecule has 28 heavy (non-hydrogen) atoms. The lowest BCUT2D eigenvalue weighted by Crippen LogP contribution is -2.11. The van der Waals surface area contributed by atoms with Crippen LogP contribution in [0.4, 0.5) is 5.82 Å². The SMILES string of the molecule is Nc1c(-c2nc3ccccc3c(=O)[nH]2)c(CCc2ccccc2)nn1CCO. The van der Waals surface area contributed by atoms with Crippen molar-refractivity contribution in [1.82, 2.24) is 19.7 Å². The highest BCUT2D eigenvalue weighted by molar-refractivity contribution is 5.81. The Morgan fingerprint density at radius 1 is 1.04 bits per heavy atom. The van der Waals surface area contributed by atoms with Crippen molar-refractivity contribution < 1.29 is 5.11 Å². The molecule has 0 radical (unpaired) electrons. The summed E-state index contributed by atoms with van der Waals surface area (Å²) in [6.45, 7) is 0.201. The van der Waals surface area contributed by atoms with Gasteiger partial charge in [-0.15, -0.1) is 0 Å². The van der Waals surface area contributed by atoms with Crippen molar-refractivity contribution in [2.24, 2.45) is 0 Å². The summed E-state index contributed by atoms with van der Waals surface area (Å²) in [4.78, 5) is 19.9. The number of aryl methyl sites for hydroxylation is 2. The van der Waals surface area contributed by atoms with Crippen LogP contribution in [-0.4, -0.2) is 31.5 Å². The Balaban J connectivity index is 1.79. The number of H-pyrrole nitrogens is 1. The predicted octanol–water partition coefficient (Wildman–Crippen LogP) is 2.15. The van der Waals surface area contributed by atoms with Crippen molar-refractivity contribution in [1.29, 1.82) is 0 Å². The number of fused-ring (bicyclic) bond motifs is 1. The highest BCUT2D eigenvalue weighted by atomic mass is 16.3. The van der Waals surface area contributed by atoms with E-state index in [1.54, 1.807) is 22.9 Å². The Labute approximate surface area is 161 Å². The summed E-state index contributed by atoms with van der Waals surface area (Å²) >= 11 is 0. The van der Waals surface area contributed by atoms with E-state index in [1.165, 1.54) is 5.56 Å². The smallest absolute Gasteiger partial charge is 0.259 e. The minimum absolute atomic E-state index is 0.0783. The van der Waals surface area contributed by atoms with Crippen molar-refractivity contribution in [3.63, 3.8) is 0 Å². The summed E-state index contributed by atoms with van der Waals surface area (Å²) in [6, 6.07) is 17.3. The van der Waals surface area contributed by atoms with Crippen LogP contribution in [0.1, 0.15) is 11.3 Å². The van der Waals surface area contributed by atoms with Crippen molar-refractivity contribution >= 4 is 16.7 Å². The fourth-order valence-electron chi connectivity index (χ4n) is 3.34. The van der Waals surface area contributed by atoms with E-state index in [2.05, 4.69) is 27.2 Å². The highest BCUT2D eigenvalue weighted by Crippen LogP contribution is 2.28. The number of anilines is 1. The van der Waals surface area contributed by atoms with Crippen molar-refractivity contribution in [2.75, 3.05) is 12.3 Å². The third-order valence-electron chi connectivity index (χ3n) is 4.72. The second-order valence-electron chi connectivity index (χ2n) is 6.57. The molecule has 142 valence electrons. The minimum Gasteiger partial charge on any atom is -0.394 e. The van der Waals surface area contributed by atoms with Crippen molar-refractivity contribution in [3.8, 4) is 11.4 Å². The molecule has 4 rings (SSSR count). The lowest BCUT2D eigenvalue weighted by Gasteiger charge is -2.06. The van der Waals surface area contributed by atoms with Crippen LogP contribution < -0.4 is 11.3 Å². The van der Waals surface area contributed by atoms with Crippen LogP contribution in [0.5, 0.6) is 0 Å². The van der Waals surface area contributed by atoms with Crippen LogP contribution in [0.2, 0.25) is 0 Å². The number of nitrogens with two attached hydrogens (primary N) is 1. The lowest BCUT2D eigenvalue weighted by atomic mass is 10.1. The Kier molecular flexibility index (Phi) is 4.90. The average Bonchev–Trinajstić information content (AvgIpc) is 3.03. The fourth-order valence-corrected chi connectivity index (χ4v) is 3.34. The first-order chi connectivity index (χ1) is 13.7. The molecule has 0 fully saturated rings. The van der Waals surface area contributed by atoms with E-state index < -0.39 is 0 Å². The number of benzene rings is 2. The molecule has 0 saturated carbocycles. The van der Waals surface area contributed by atoms with Gasteiger partial charge in [0.05, 0.1) is 35.3 Å². The van der Waals surface area contributed by atoms with E-state index in [0.29, 0.717) is 34.5 Å². The van der Waals surface area contributed by atoms with Crippen LogP contribution in [0.3, 0.4) is 0 Å². The van der Waals surface area contributed by atoms with E-state index >= 15 is 0 Å². The third-order valence-corrected chi connectivity index (χ3v) is 4.72. The third kappa shape index (κ3) is 3.39. The van der Waals surface area contributed by atoms with Gasteiger partial charge in [0.15, 0.2) is 0 Å². The number of hydrogen-bond donors (Lipinski definition) is 3. The molecule has 0 aliphatic carbocycles. The summed E-state index contributed by atoms with van der Waals surface area (Å²) in [6.07, 6.45) is 1.42. The number of aliphatic hydroxyl groups is 1. The number of aliphatic hydroxyl groups excluding tert-OH is 1. The summed E-state index contributed by atoms with van der Waals surface area (Å²) in [5, 5.41) is 14.4. The fraction of sp³-hybridized carbons (Fsp3) is 0.190. The molecule has 0 aliphatic heterocycles. The maximum absolute atomic E-state index is 12.5. The molecule has 0 unspecified atom stereocenters. The first kappa shape index (κ1) is 17.9. The van der Waals surface area contributed by atoms with Gasteiger partial charge in [0.25, 0.3) is 5.56 Å². The molecule has 4 aromatic rings. The van der Waals surface area contributed by atoms with Crippen molar-refractivity contribution in [2.45, 2.75) is 19.4 Å². The standard InChI is InChI=1S/C21H21N5O2/c22-19-18(20-23-16-9-5-4-8-15(16)21(28)24-20)17(25-26(19)12-13-27)11-10-14-6-2-1-3-7-14/h1-9,27H,10-13,22H2,(H,23,24,28). The molecule has 0 bridgehead atoms. The Hall–Kier alpha value is -3.45. The number of rotatable bonds is 6. The molecule has 7 nitrogen and oxygen atoms in total. The molecule has 0 amide bonds. The number of nitrogen functional groups attached to an aromatic ring is 1. The van der Waals surface area contributed by atoms with Gasteiger partial charge in [0, 0.05) is 0 Å². The highest BCUT2D eigenvalue weighted by Gasteiger charge is 2.20. The molecule has 7 heteroatoms. The first-order valence-electron chi connectivity index (χ1n) is 9.16. The second kappa shape index (κ2) is 7.66. The van der Waals surface area contributed by atoms with Crippen molar-refractivity contribution in [3.05, 3.63) is 76.2 Å². The largest absolute Gasteiger partial charge is 0.394 e. The van der Waals surface area contributed by atoms with E-state index in [1.807, 2.05) is 24.3 Å². The van der Waals surface area contributed by atoms with Crippen LogP contribution in [0.15, 0.2) is 59.4 Å². The van der Waals surface area contributed by atoms with E-state index in [9.17, 15) is 9.90 Å². The Bertz CT molecular complexity index is 1160. The summed E-state index contributed by atoms with van der Waals surface area (Å²) in [5.41, 5.74) is 9.24. The van der Waals surface area contributed by atoms with Gasteiger partial charge in [0.1, 0.15) is 11.6 Å². The molecule has 2 heterocycles. The van der Waals surface area contributed by atoms with Gasteiger partial charge in [0.2, 0.25) is 0 Å². The lowest BCUT2D eigenvalue weighted by molar-refractivity contribution is 0.270. The van der Waals surface area contributed by atoms with Gasteiger partial charge >= 0.3 is 0 Å². The molecular formula is C21H21N5O2. The monoisotopic (exact) mass is 375 g/mol. The maximum atomic E-state index is 12.5. The minimum atomic E-state index is -0.219. The van der Waals surface area contributed by atoms with Crippen LogP contribution >= 0.6 is 0 Å². The van der Waals surface area contributed by atoms with Gasteiger partial charge in [-0.3, -0.25) is 4.79 Å². The molecule has 4 N–H and O–H groups in total. The second-order valence-corrected chi connectivity index (χ2v) is 6.57. The van der Waals surface area contributed by atoms with Crippen LogP contribution in [0, 0.1) is 0 Å². The van der Waals surface area contributed by atoms with E-state index in [4.69, 9.17) is 5.73 Å². The molecule has 0 spiro atoms. The summed E-state index contributed by atoms with van der Waals surface area (Å²) < 4.78 is 1.56. The topological polar surface area (TPSA) is 110 Å². The molecule has 0 atom stereocenters. The Morgan fingerprint density at radius 3 is 2.57 bits per heavy atom. The number of hydrogen-bond acceptors (Lipinski definition) is 5. The van der Waals surface area contributed by atoms with Crippen LogP contribution in [-0.2, 0) is 19.4 Å². The van der Waals surface area contributed by atoms with Gasteiger partial charge in [-0.05, 0) is 30.5 Å². The zero-order valence-electron chi connectivity index (χ0n) is 15.3. The van der Waals surface area contributed by atoms with E-state index in [0.717, 1.165) is 12.1 Å². The summed E-state index contributed by atoms with van der Waals surface area (Å²) in [5.74, 6) is 0.781. The molecule has 2 aromatic carbocycles. The zero-order chi connectivity index (χ0) is 19.5. The van der Waals surface area contributed by atoms with Gasteiger partial charge in [-0.1, -0.05) is 42.5 Å².